The van der Waals surface area contributed by atoms with Gasteiger partial charge >= 0.3 is 0 Å². The van der Waals surface area contributed by atoms with E-state index in [-0.39, 0.29) is 0 Å². The Hall–Kier alpha value is -2.17. The second-order valence-corrected chi connectivity index (χ2v) is 4.91. The van der Waals surface area contributed by atoms with Gasteiger partial charge in [0.05, 0.1) is 0 Å². The lowest BCUT2D eigenvalue weighted by molar-refractivity contribution is 0.411. The fourth-order valence-electron chi connectivity index (χ4n) is 2.39. The number of anilines is 1. The fourth-order valence-corrected chi connectivity index (χ4v) is 2.39. The minimum absolute atomic E-state index is 0.516. The maximum absolute atomic E-state index is 5.12. The zero-order chi connectivity index (χ0) is 13.8. The van der Waals surface area contributed by atoms with Crippen LogP contribution in [0.1, 0.15) is 32.1 Å². The van der Waals surface area contributed by atoms with Crippen LogP contribution in [0.3, 0.4) is 0 Å². The van der Waals surface area contributed by atoms with Crippen LogP contribution in [0.4, 0.5) is 5.82 Å². The van der Waals surface area contributed by atoms with Crippen LogP contribution >= 0.6 is 0 Å². The number of piperidine rings is 1. The van der Waals surface area contributed by atoms with Gasteiger partial charge in [-0.15, -0.1) is 0 Å². The number of nitrogens with zero attached hydrogens (tertiary/aromatic N) is 4. The summed E-state index contributed by atoms with van der Waals surface area (Å²) in [5.41, 5.74) is 0.880. The van der Waals surface area contributed by atoms with E-state index < -0.39 is 0 Å². The Morgan fingerprint density at radius 2 is 2.05 bits per heavy atom. The summed E-state index contributed by atoms with van der Waals surface area (Å²) in [5.74, 6) is 2.13. The Morgan fingerprint density at radius 1 is 1.20 bits per heavy atom. The maximum atomic E-state index is 5.12. The molecule has 0 spiro atoms. The second kappa shape index (κ2) is 5.86. The molecule has 5 heteroatoms. The van der Waals surface area contributed by atoms with Gasteiger partial charge in [0, 0.05) is 24.8 Å². The van der Waals surface area contributed by atoms with E-state index in [9.17, 15) is 0 Å². The van der Waals surface area contributed by atoms with Crippen molar-refractivity contribution >= 4 is 11.9 Å². The first-order chi connectivity index (χ1) is 9.86. The van der Waals surface area contributed by atoms with Crippen molar-refractivity contribution in [2.45, 2.75) is 26.2 Å². The van der Waals surface area contributed by atoms with Crippen molar-refractivity contribution in [2.24, 2.45) is 0 Å². The van der Waals surface area contributed by atoms with Crippen molar-refractivity contribution in [3.8, 4) is 11.4 Å². The Balaban J connectivity index is 1.77. The first-order valence-corrected chi connectivity index (χ1v) is 7.04. The van der Waals surface area contributed by atoms with Crippen molar-refractivity contribution in [2.75, 3.05) is 18.0 Å². The van der Waals surface area contributed by atoms with Crippen molar-refractivity contribution in [1.29, 1.82) is 0 Å². The van der Waals surface area contributed by atoms with E-state index in [0.29, 0.717) is 11.7 Å². The maximum Gasteiger partial charge on any atom is 0.250 e. The Morgan fingerprint density at radius 3 is 2.75 bits per heavy atom. The summed E-state index contributed by atoms with van der Waals surface area (Å²) in [6.45, 7) is 4.11. The van der Waals surface area contributed by atoms with Crippen LogP contribution in [0, 0.1) is 0 Å². The minimum atomic E-state index is 0.516. The third kappa shape index (κ3) is 2.71. The lowest BCUT2D eigenvalue weighted by Gasteiger charge is -2.27. The van der Waals surface area contributed by atoms with Gasteiger partial charge in [-0.3, -0.25) is 0 Å². The van der Waals surface area contributed by atoms with Crippen LogP contribution in [-0.4, -0.2) is 28.2 Å². The van der Waals surface area contributed by atoms with Crippen LogP contribution < -0.4 is 4.90 Å². The topological polar surface area (TPSA) is 55.1 Å². The third-order valence-electron chi connectivity index (χ3n) is 3.44. The molecule has 0 radical (unpaired) electrons. The van der Waals surface area contributed by atoms with Crippen molar-refractivity contribution in [3.63, 3.8) is 0 Å². The van der Waals surface area contributed by atoms with Crippen LogP contribution in [0.25, 0.3) is 17.5 Å². The van der Waals surface area contributed by atoms with Crippen LogP contribution in [0.5, 0.6) is 0 Å². The van der Waals surface area contributed by atoms with Gasteiger partial charge in [-0.05, 0) is 44.4 Å². The highest BCUT2D eigenvalue weighted by Crippen LogP contribution is 2.21. The van der Waals surface area contributed by atoms with Crippen molar-refractivity contribution < 1.29 is 4.52 Å². The van der Waals surface area contributed by atoms with Gasteiger partial charge in [-0.25, -0.2) is 4.98 Å². The molecule has 0 aliphatic carbocycles. The smallest absolute Gasteiger partial charge is 0.250 e. The molecule has 0 unspecified atom stereocenters. The highest BCUT2D eigenvalue weighted by molar-refractivity contribution is 5.57. The van der Waals surface area contributed by atoms with Gasteiger partial charge < -0.3 is 9.42 Å². The molecule has 2 aromatic rings. The molecule has 1 saturated heterocycles. The van der Waals surface area contributed by atoms with E-state index in [1.54, 1.807) is 6.08 Å². The van der Waals surface area contributed by atoms with E-state index >= 15 is 0 Å². The number of hydrogen-bond acceptors (Lipinski definition) is 5. The van der Waals surface area contributed by atoms with Gasteiger partial charge in [0.2, 0.25) is 5.82 Å². The summed E-state index contributed by atoms with van der Waals surface area (Å²) in [6, 6.07) is 4.04. The van der Waals surface area contributed by atoms with E-state index in [0.717, 1.165) is 24.5 Å². The predicted octanol–water partition coefficient (Wildman–Crippen LogP) is 3.16. The molecule has 5 nitrogen and oxygen atoms in total. The molecule has 1 fully saturated rings. The SMILES string of the molecule is CC=Cc1nc(-c2ccc(N3CCCCC3)nc2)no1. The molecule has 3 rings (SSSR count). The lowest BCUT2D eigenvalue weighted by Crippen LogP contribution is -2.29. The summed E-state index contributed by atoms with van der Waals surface area (Å²) in [4.78, 5) is 11.1. The summed E-state index contributed by atoms with van der Waals surface area (Å²) < 4.78 is 5.12. The molecule has 2 aromatic heterocycles. The summed E-state index contributed by atoms with van der Waals surface area (Å²) >= 11 is 0. The zero-order valence-corrected chi connectivity index (χ0v) is 11.6. The molecule has 0 saturated carbocycles. The van der Waals surface area contributed by atoms with Gasteiger partial charge in [-0.1, -0.05) is 11.2 Å². The minimum Gasteiger partial charge on any atom is -0.357 e. The van der Waals surface area contributed by atoms with Gasteiger partial charge in [-0.2, -0.15) is 4.98 Å². The second-order valence-electron chi connectivity index (χ2n) is 4.91. The molecule has 0 atom stereocenters. The van der Waals surface area contributed by atoms with E-state index in [1.807, 2.05) is 31.3 Å². The van der Waals surface area contributed by atoms with Gasteiger partial charge in [0.15, 0.2) is 0 Å². The fraction of sp³-hybridized carbons (Fsp3) is 0.400. The van der Waals surface area contributed by atoms with Crippen LogP contribution in [0.15, 0.2) is 28.9 Å². The van der Waals surface area contributed by atoms with E-state index in [2.05, 4.69) is 20.0 Å². The van der Waals surface area contributed by atoms with E-state index in [1.165, 1.54) is 19.3 Å². The monoisotopic (exact) mass is 270 g/mol. The highest BCUT2D eigenvalue weighted by atomic mass is 16.5. The quantitative estimate of drug-likeness (QED) is 0.857. The molecular formula is C15H18N4O. The molecule has 104 valence electrons. The Bertz CT molecular complexity index is 582. The van der Waals surface area contributed by atoms with E-state index in [4.69, 9.17) is 4.52 Å². The highest BCUT2D eigenvalue weighted by Gasteiger charge is 2.13. The van der Waals surface area contributed by atoms with Crippen molar-refractivity contribution in [1.82, 2.24) is 15.1 Å². The van der Waals surface area contributed by atoms with Crippen LogP contribution in [0.2, 0.25) is 0 Å². The average Bonchev–Trinajstić information content (AvgIpc) is 2.97. The predicted molar refractivity (Wildman–Crippen MR) is 78.3 cm³/mol. The van der Waals surface area contributed by atoms with Crippen LogP contribution in [-0.2, 0) is 0 Å². The first-order valence-electron chi connectivity index (χ1n) is 7.04. The lowest BCUT2D eigenvalue weighted by atomic mass is 10.1. The molecule has 20 heavy (non-hydrogen) atoms. The largest absolute Gasteiger partial charge is 0.357 e. The molecule has 1 aliphatic heterocycles. The molecule has 0 bridgehead atoms. The average molecular weight is 270 g/mol. The number of pyridine rings is 1. The number of hydrogen-bond donors (Lipinski definition) is 0. The number of allylic oxidation sites excluding steroid dienone is 1. The standard InChI is InChI=1S/C15H18N4O/c1-2-6-14-17-15(18-20-14)12-7-8-13(16-11-12)19-9-4-3-5-10-19/h2,6-8,11H,3-5,9-10H2,1H3. The molecule has 0 N–H and O–H groups in total. The summed E-state index contributed by atoms with van der Waals surface area (Å²) in [7, 11) is 0. The molecule has 1 aliphatic rings. The normalized spacial score (nSPS) is 15.9. The third-order valence-corrected chi connectivity index (χ3v) is 3.44. The molecule has 3 heterocycles. The van der Waals surface area contributed by atoms with Gasteiger partial charge in [0.1, 0.15) is 5.82 Å². The molecule has 0 amide bonds. The zero-order valence-electron chi connectivity index (χ0n) is 11.6. The first kappa shape index (κ1) is 12.8. The summed E-state index contributed by atoms with van der Waals surface area (Å²) in [6.07, 6.45) is 9.29. The number of rotatable bonds is 3. The Labute approximate surface area is 118 Å². The molecular weight excluding hydrogens is 252 g/mol. The Kier molecular flexibility index (Phi) is 3.76. The molecule has 0 aromatic carbocycles. The van der Waals surface area contributed by atoms with Crippen molar-refractivity contribution in [3.05, 3.63) is 30.3 Å². The number of aromatic nitrogens is 3. The van der Waals surface area contributed by atoms with Gasteiger partial charge in [0.25, 0.3) is 5.89 Å². The summed E-state index contributed by atoms with van der Waals surface area (Å²) in [5, 5.41) is 3.96.